The van der Waals surface area contributed by atoms with E-state index in [9.17, 15) is 24.3 Å². The van der Waals surface area contributed by atoms with Crippen molar-refractivity contribution in [3.63, 3.8) is 0 Å². The molecule has 0 aliphatic heterocycles. The van der Waals surface area contributed by atoms with Crippen molar-refractivity contribution in [2.45, 2.75) is 64.1 Å². The summed E-state index contributed by atoms with van der Waals surface area (Å²) in [5.41, 5.74) is 0.479. The number of aliphatic carboxylic acids is 1. The summed E-state index contributed by atoms with van der Waals surface area (Å²) in [6.45, 7) is 6.86. The first kappa shape index (κ1) is 31.4. The van der Waals surface area contributed by atoms with Crippen LogP contribution < -0.4 is 50.6 Å². The molecule has 0 aliphatic carbocycles. The van der Waals surface area contributed by atoms with E-state index < -0.39 is 35.2 Å². The molecule has 1 aromatic rings. The average molecular weight is 494 g/mol. The number of carboxylic acids is 1. The molecule has 0 aliphatic rings. The van der Waals surface area contributed by atoms with Crippen LogP contribution in [0, 0.1) is 0 Å². The van der Waals surface area contributed by atoms with E-state index in [4.69, 9.17) is 0 Å². The maximum absolute atomic E-state index is 12.8. The van der Waals surface area contributed by atoms with Gasteiger partial charge in [-0.25, -0.2) is 9.78 Å². The molecule has 0 aromatic carbocycles. The molecule has 1 rings (SSSR count). The molecule has 1 heterocycles. The molecule has 2 atom stereocenters. The molecule has 33 heavy (non-hydrogen) atoms. The molecule has 0 fully saturated rings. The van der Waals surface area contributed by atoms with Gasteiger partial charge in [-0.3, -0.25) is 9.59 Å². The van der Waals surface area contributed by atoms with E-state index in [0.29, 0.717) is 30.3 Å². The van der Waals surface area contributed by atoms with Crippen molar-refractivity contribution in [2.24, 2.45) is 0 Å². The largest absolute Gasteiger partial charge is 1.00 e. The van der Waals surface area contributed by atoms with E-state index in [1.165, 1.54) is 19.6 Å². The number of carbonyl (C=O) groups is 4. The fraction of sp³-hybridized carbons (Fsp3) is 0.650. The molecule has 2 amide bonds. The van der Waals surface area contributed by atoms with Crippen molar-refractivity contribution in [3.8, 4) is 0 Å². The Labute approximate surface area is 220 Å². The molecule has 4 N–H and O–H groups in total. The third-order valence-electron chi connectivity index (χ3n) is 4.29. The number of rotatable bonds is 13. The number of methoxy groups -OCH3 is 1. The van der Waals surface area contributed by atoms with E-state index in [1.807, 2.05) is 20.8 Å². The second-order valence-corrected chi connectivity index (χ2v) is 9.11. The predicted octanol–water partition coefficient (Wildman–Crippen LogP) is -3.27. The van der Waals surface area contributed by atoms with Gasteiger partial charge in [0.05, 0.1) is 31.2 Å². The number of hydrogen-bond acceptors (Lipinski definition) is 9. The van der Waals surface area contributed by atoms with Gasteiger partial charge in [-0.1, -0.05) is 0 Å². The summed E-state index contributed by atoms with van der Waals surface area (Å²) >= 11 is 0.664. The molecule has 2 unspecified atom stereocenters. The summed E-state index contributed by atoms with van der Waals surface area (Å²) in [5.74, 6) is -2.85. The van der Waals surface area contributed by atoms with E-state index in [-0.39, 0.29) is 47.3 Å². The molecule has 180 valence electrons. The number of carbonyl (C=O) groups excluding carboxylic acids is 4. The number of unbranched alkanes of at least 4 members (excludes halogenated alkanes) is 1. The van der Waals surface area contributed by atoms with Gasteiger partial charge in [0.2, 0.25) is 11.8 Å². The van der Waals surface area contributed by atoms with Crippen LogP contribution in [0.25, 0.3) is 0 Å². The Hall–Kier alpha value is -1.60. The monoisotopic (exact) mass is 493 g/mol. The number of nitrogens with zero attached hydrogens (tertiary/aromatic N) is 1. The van der Waals surface area contributed by atoms with Gasteiger partial charge in [0, 0.05) is 23.9 Å². The Morgan fingerprint density at radius 3 is 2.42 bits per heavy atom. The summed E-state index contributed by atoms with van der Waals surface area (Å²) in [5, 5.41) is 19.2. The number of hydrogen-bond donors (Lipinski definition) is 4. The number of carboxylic acid groups (broad SMARTS) is 1. The molecule has 0 spiro atoms. The molecule has 0 bridgehead atoms. The quantitative estimate of drug-likeness (QED) is 0.125. The number of imidazole rings is 1. The Kier molecular flexibility index (Phi) is 15.3. The van der Waals surface area contributed by atoms with E-state index in [2.05, 4.69) is 30.7 Å². The fourth-order valence-electron chi connectivity index (χ4n) is 2.71. The van der Waals surface area contributed by atoms with Gasteiger partial charge in [-0.05, 0) is 58.3 Å². The SMILES string of the molecule is COC(=O)SCC(=O)NC(CCCCNC(C)(C)C)C(=O)NC(Cc1cnc[nH]1)C(=O)[O-].[Na+]. The molecule has 0 saturated carbocycles. The Balaban J connectivity index is 0.0000102. The van der Waals surface area contributed by atoms with Gasteiger partial charge in [0.25, 0.3) is 0 Å². The van der Waals surface area contributed by atoms with Crippen LogP contribution in [0.15, 0.2) is 12.5 Å². The molecule has 11 nitrogen and oxygen atoms in total. The number of thioether (sulfide) groups is 1. The van der Waals surface area contributed by atoms with Crippen molar-refractivity contribution < 1.29 is 58.6 Å². The van der Waals surface area contributed by atoms with Gasteiger partial charge >= 0.3 is 34.9 Å². The minimum atomic E-state index is -1.45. The number of aromatic amines is 1. The van der Waals surface area contributed by atoms with Crippen molar-refractivity contribution in [3.05, 3.63) is 18.2 Å². The van der Waals surface area contributed by atoms with Crippen LogP contribution in [0.3, 0.4) is 0 Å². The van der Waals surface area contributed by atoms with Crippen molar-refractivity contribution in [2.75, 3.05) is 19.4 Å². The zero-order valence-corrected chi connectivity index (χ0v) is 22.7. The summed E-state index contributed by atoms with van der Waals surface area (Å²) < 4.78 is 4.48. The minimum Gasteiger partial charge on any atom is -0.548 e. The molecule has 1 aromatic heterocycles. The van der Waals surface area contributed by atoms with E-state index in [0.717, 1.165) is 13.0 Å². The number of H-pyrrole nitrogens is 1. The maximum Gasteiger partial charge on any atom is 1.00 e. The number of aromatic nitrogens is 2. The standard InChI is InChI=1S/C20H33N5O6S.Na/c1-20(2,3)23-8-6-5-7-14(24-16(26)11-32-19(30)31-4)17(27)25-15(18(28)29)9-13-10-21-12-22-13;/h10,12,14-15,23H,5-9,11H2,1-4H3,(H,21,22)(H,24,26)(H,25,27)(H,28,29);/q;+1/p-1. The normalized spacial score (nSPS) is 12.7. The zero-order chi connectivity index (χ0) is 24.1. The van der Waals surface area contributed by atoms with Crippen LogP contribution in [0.5, 0.6) is 0 Å². The summed E-state index contributed by atoms with van der Waals surface area (Å²) in [4.78, 5) is 54.3. The average Bonchev–Trinajstić information content (AvgIpc) is 3.22. The first-order valence-corrected chi connectivity index (χ1v) is 11.2. The van der Waals surface area contributed by atoms with Crippen molar-refractivity contribution in [1.82, 2.24) is 25.9 Å². The van der Waals surface area contributed by atoms with Gasteiger partial charge in [0.1, 0.15) is 6.04 Å². The smallest absolute Gasteiger partial charge is 0.548 e. The first-order chi connectivity index (χ1) is 15.0. The fourth-order valence-corrected chi connectivity index (χ4v) is 3.16. The number of amides is 2. The molecule has 0 radical (unpaired) electrons. The van der Waals surface area contributed by atoms with Crippen LogP contribution in [-0.2, 0) is 25.5 Å². The van der Waals surface area contributed by atoms with E-state index >= 15 is 0 Å². The molecule has 0 saturated heterocycles. The molecular formula is C20H32N5NaO6S. The van der Waals surface area contributed by atoms with Gasteiger partial charge < -0.3 is 35.6 Å². The zero-order valence-electron chi connectivity index (χ0n) is 19.9. The number of nitrogens with one attached hydrogen (secondary N) is 4. The Bertz CT molecular complexity index is 757. The molecule has 13 heteroatoms. The van der Waals surface area contributed by atoms with Crippen LogP contribution >= 0.6 is 11.8 Å². The third kappa shape index (κ3) is 14.3. The van der Waals surface area contributed by atoms with Gasteiger partial charge in [0.15, 0.2) is 0 Å². The van der Waals surface area contributed by atoms with Crippen molar-refractivity contribution in [1.29, 1.82) is 0 Å². The number of ether oxygens (including phenoxy) is 1. The molecular weight excluding hydrogens is 461 g/mol. The Morgan fingerprint density at radius 2 is 1.88 bits per heavy atom. The van der Waals surface area contributed by atoms with E-state index in [1.54, 1.807) is 0 Å². The van der Waals surface area contributed by atoms with Crippen LogP contribution in [0.2, 0.25) is 0 Å². The summed E-state index contributed by atoms with van der Waals surface area (Å²) in [6, 6.07) is -2.26. The second-order valence-electron chi connectivity index (χ2n) is 8.20. The van der Waals surface area contributed by atoms with Crippen LogP contribution in [0.1, 0.15) is 45.7 Å². The van der Waals surface area contributed by atoms with Crippen LogP contribution in [-0.4, -0.2) is 70.1 Å². The first-order valence-electron chi connectivity index (χ1n) is 10.3. The minimum absolute atomic E-state index is 0. The van der Waals surface area contributed by atoms with Crippen LogP contribution in [0.4, 0.5) is 4.79 Å². The van der Waals surface area contributed by atoms with Crippen molar-refractivity contribution >= 4 is 34.8 Å². The Morgan fingerprint density at radius 1 is 1.18 bits per heavy atom. The second kappa shape index (κ2) is 16.1. The third-order valence-corrected chi connectivity index (χ3v) is 5.10. The topological polar surface area (TPSA) is 165 Å². The van der Waals surface area contributed by atoms with Gasteiger partial charge in [-0.2, -0.15) is 0 Å². The summed E-state index contributed by atoms with van der Waals surface area (Å²) in [6.07, 6.45) is 4.48. The predicted molar refractivity (Wildman–Crippen MR) is 118 cm³/mol. The summed E-state index contributed by atoms with van der Waals surface area (Å²) in [7, 11) is 1.20. The maximum atomic E-state index is 12.8. The van der Waals surface area contributed by atoms with Gasteiger partial charge in [-0.15, -0.1) is 0 Å².